The maximum atomic E-state index is 6.49. The number of hydrogen-bond donors (Lipinski definition) is 1. The molecule has 10 aromatic rings. The maximum absolute atomic E-state index is 6.49. The molecule has 7 aromatic carbocycles. The van der Waals surface area contributed by atoms with E-state index in [0.29, 0.717) is 17.5 Å². The summed E-state index contributed by atoms with van der Waals surface area (Å²) in [6, 6.07) is 53.8. The molecule has 1 aliphatic rings. The first kappa shape index (κ1) is 37.6. The summed E-state index contributed by atoms with van der Waals surface area (Å²) >= 11 is 0. The summed E-state index contributed by atoms with van der Waals surface area (Å²) in [6.45, 7) is 0. The molecule has 0 amide bonds. The highest BCUT2D eigenvalue weighted by Crippen LogP contribution is 2.43. The van der Waals surface area contributed by atoms with E-state index in [1.165, 1.54) is 81.9 Å². The molecule has 0 saturated heterocycles. The van der Waals surface area contributed by atoms with Gasteiger partial charge in [0.15, 0.2) is 17.5 Å². The van der Waals surface area contributed by atoms with Gasteiger partial charge in [-0.1, -0.05) is 128 Å². The van der Waals surface area contributed by atoms with Crippen LogP contribution in [0.2, 0.25) is 0 Å². The van der Waals surface area contributed by atoms with Gasteiger partial charge in [-0.15, -0.1) is 0 Å². The van der Waals surface area contributed by atoms with Crippen molar-refractivity contribution in [2.24, 2.45) is 0 Å². The number of nitrogens with one attached hydrogen (secondary N) is 1. The molecular formula is C56H45N5O. The number of hydrogen-bond acceptors (Lipinski definition) is 6. The predicted octanol–water partition coefficient (Wildman–Crippen LogP) is 14.4. The number of nitrogens with zero attached hydrogens (tertiary/aromatic N) is 4. The van der Waals surface area contributed by atoms with Crippen LogP contribution in [0, 0.1) is 0 Å². The van der Waals surface area contributed by atoms with Gasteiger partial charge in [-0.2, -0.15) is 0 Å². The van der Waals surface area contributed by atoms with E-state index in [2.05, 4.69) is 107 Å². The van der Waals surface area contributed by atoms with Crippen LogP contribution in [-0.2, 0) is 12.8 Å². The normalized spacial score (nSPS) is 13.1. The van der Waals surface area contributed by atoms with Gasteiger partial charge < -0.3 is 9.73 Å². The zero-order valence-corrected chi connectivity index (χ0v) is 34.7. The molecule has 3 heterocycles. The molecule has 0 saturated carbocycles. The minimum Gasteiger partial charge on any atom is -0.456 e. The van der Waals surface area contributed by atoms with Crippen molar-refractivity contribution in [3.05, 3.63) is 175 Å². The highest BCUT2D eigenvalue weighted by Gasteiger charge is 2.20. The minimum atomic E-state index is 0.588. The zero-order chi connectivity index (χ0) is 41.4. The van der Waals surface area contributed by atoms with Gasteiger partial charge in [0.05, 0.1) is 0 Å². The molecule has 62 heavy (non-hydrogen) atoms. The lowest BCUT2D eigenvalue weighted by Gasteiger charge is -2.20. The van der Waals surface area contributed by atoms with E-state index in [1.54, 1.807) is 6.20 Å². The van der Waals surface area contributed by atoms with E-state index in [9.17, 15) is 0 Å². The Labute approximate surface area is 361 Å². The number of aromatic nitrogens is 4. The average Bonchev–Trinajstić information content (AvgIpc) is 3.70. The van der Waals surface area contributed by atoms with Gasteiger partial charge in [-0.05, 0) is 118 Å². The molecule has 11 rings (SSSR count). The monoisotopic (exact) mass is 803 g/mol. The summed E-state index contributed by atoms with van der Waals surface area (Å²) in [4.78, 5) is 19.6. The summed E-state index contributed by atoms with van der Waals surface area (Å²) in [5.74, 6) is 1.83. The van der Waals surface area contributed by atoms with Crippen LogP contribution in [0.1, 0.15) is 43.2 Å². The molecule has 6 heteroatoms. The van der Waals surface area contributed by atoms with E-state index < -0.39 is 0 Å². The number of pyridine rings is 1. The van der Waals surface area contributed by atoms with Crippen LogP contribution in [-0.4, -0.2) is 27.0 Å². The molecule has 6 nitrogen and oxygen atoms in total. The van der Waals surface area contributed by atoms with Gasteiger partial charge in [0.1, 0.15) is 11.2 Å². The topological polar surface area (TPSA) is 76.7 Å². The molecule has 1 aliphatic carbocycles. The van der Waals surface area contributed by atoms with Crippen molar-refractivity contribution >= 4 is 38.4 Å². The van der Waals surface area contributed by atoms with Gasteiger partial charge in [0.2, 0.25) is 0 Å². The Morgan fingerprint density at radius 2 is 1.13 bits per heavy atom. The second-order valence-corrected chi connectivity index (χ2v) is 16.4. The molecular weight excluding hydrogens is 759 g/mol. The minimum absolute atomic E-state index is 0.588. The van der Waals surface area contributed by atoms with Crippen molar-refractivity contribution in [2.45, 2.75) is 44.9 Å². The quantitative estimate of drug-likeness (QED) is 0.180. The van der Waals surface area contributed by atoms with Crippen molar-refractivity contribution in [3.63, 3.8) is 0 Å². The van der Waals surface area contributed by atoms with E-state index in [1.807, 2.05) is 67.8 Å². The highest BCUT2D eigenvalue weighted by atomic mass is 16.3. The summed E-state index contributed by atoms with van der Waals surface area (Å²) in [6.07, 6.45) is 12.1. The Kier molecular flexibility index (Phi) is 9.81. The molecule has 1 N–H and O–H groups in total. The van der Waals surface area contributed by atoms with E-state index in [-0.39, 0.29) is 0 Å². The predicted molar refractivity (Wildman–Crippen MR) is 255 cm³/mol. The lowest BCUT2D eigenvalue weighted by Crippen LogP contribution is -2.00. The third-order valence-corrected chi connectivity index (χ3v) is 12.5. The van der Waals surface area contributed by atoms with E-state index in [0.717, 1.165) is 62.6 Å². The Bertz CT molecular complexity index is 3250. The highest BCUT2D eigenvalue weighted by molar-refractivity contribution is 6.13. The van der Waals surface area contributed by atoms with Crippen LogP contribution in [0.15, 0.2) is 168 Å². The molecule has 0 fully saturated rings. The molecule has 0 bridgehead atoms. The fourth-order valence-electron chi connectivity index (χ4n) is 9.43. The molecule has 0 spiro atoms. The Morgan fingerprint density at radius 3 is 1.90 bits per heavy atom. The lowest BCUT2D eigenvalue weighted by molar-refractivity contribution is 0.616. The Morgan fingerprint density at radius 1 is 0.452 bits per heavy atom. The fraction of sp³-hybridized carbons (Fsp3) is 0.143. The standard InChI is InChI=1S/C56H45N5O/c1-57-43-28-30-45-39(32-43)16-6-3-2-4-7-17-40-33-49(46-19-10-11-20-47(46)52(40)45)36-23-25-38(26-24-36)55-59-54(37-14-8-5-9-15-37)60-56(61-55)41-27-29-48-51(34-41)62-50-22-12-21-44(53(48)50)42-18-13-31-58-35-42/h5,8-15,18-35,57H,2-4,6-7,16-17H2,1H3. The summed E-state index contributed by atoms with van der Waals surface area (Å²) in [7, 11) is 2.01. The third-order valence-electron chi connectivity index (χ3n) is 12.5. The van der Waals surface area contributed by atoms with Gasteiger partial charge >= 0.3 is 0 Å². The number of fused-ring (bicyclic) bond motifs is 8. The van der Waals surface area contributed by atoms with Crippen LogP contribution >= 0.6 is 0 Å². The second-order valence-electron chi connectivity index (χ2n) is 16.4. The smallest absolute Gasteiger partial charge is 0.164 e. The number of anilines is 1. The summed E-state index contributed by atoms with van der Waals surface area (Å²) in [5.41, 5.74) is 15.7. The molecule has 300 valence electrons. The molecule has 0 unspecified atom stereocenters. The van der Waals surface area contributed by atoms with Crippen LogP contribution in [0.3, 0.4) is 0 Å². The van der Waals surface area contributed by atoms with Crippen LogP contribution in [0.4, 0.5) is 5.69 Å². The number of furan rings is 1. The molecule has 3 aromatic heterocycles. The summed E-state index contributed by atoms with van der Waals surface area (Å²) < 4.78 is 6.49. The lowest BCUT2D eigenvalue weighted by atomic mass is 9.84. The van der Waals surface area contributed by atoms with Crippen LogP contribution in [0.5, 0.6) is 0 Å². The zero-order valence-electron chi connectivity index (χ0n) is 34.7. The van der Waals surface area contributed by atoms with Crippen molar-refractivity contribution in [1.29, 1.82) is 0 Å². The van der Waals surface area contributed by atoms with Gasteiger partial charge in [-0.25, -0.2) is 15.0 Å². The van der Waals surface area contributed by atoms with Crippen molar-refractivity contribution in [1.82, 2.24) is 19.9 Å². The maximum Gasteiger partial charge on any atom is 0.164 e. The Balaban J connectivity index is 1.01. The fourth-order valence-corrected chi connectivity index (χ4v) is 9.43. The third kappa shape index (κ3) is 6.97. The first-order valence-corrected chi connectivity index (χ1v) is 21.8. The van der Waals surface area contributed by atoms with Gasteiger partial charge in [-0.3, -0.25) is 4.98 Å². The van der Waals surface area contributed by atoms with Crippen LogP contribution < -0.4 is 5.32 Å². The van der Waals surface area contributed by atoms with Crippen LogP contribution in [0.25, 0.3) is 100 Å². The SMILES string of the molecule is CNc1ccc2c(c1)CCCCCCCc1cc(-c3ccc(-c4nc(-c5ccccc5)nc(-c5ccc6c(c5)oc5cccc(-c7cccnc7)c56)n4)cc3)c3ccccc3c1-2. The number of benzene rings is 7. The van der Waals surface area contributed by atoms with Gasteiger partial charge in [0.25, 0.3) is 0 Å². The first-order valence-electron chi connectivity index (χ1n) is 21.8. The molecule has 0 aliphatic heterocycles. The second kappa shape index (κ2) is 16.2. The number of rotatable bonds is 6. The van der Waals surface area contributed by atoms with Crippen molar-refractivity contribution in [3.8, 4) is 67.5 Å². The largest absolute Gasteiger partial charge is 0.456 e. The summed E-state index contributed by atoms with van der Waals surface area (Å²) in [5, 5.41) is 8.06. The van der Waals surface area contributed by atoms with Crippen molar-refractivity contribution in [2.75, 3.05) is 12.4 Å². The molecule has 0 radical (unpaired) electrons. The first-order chi connectivity index (χ1) is 30.7. The van der Waals surface area contributed by atoms with E-state index in [4.69, 9.17) is 19.4 Å². The van der Waals surface area contributed by atoms with Gasteiger partial charge in [0, 0.05) is 58.2 Å². The molecule has 0 atom stereocenters. The van der Waals surface area contributed by atoms with Crippen molar-refractivity contribution < 1.29 is 4.42 Å². The average molecular weight is 804 g/mol. The van der Waals surface area contributed by atoms with E-state index >= 15 is 0 Å². The number of aryl methyl sites for hydroxylation is 2. The Hall–Kier alpha value is -7.44.